The van der Waals surface area contributed by atoms with Crippen molar-refractivity contribution in [3.8, 4) is 33.4 Å². The van der Waals surface area contributed by atoms with Gasteiger partial charge in [0.15, 0.2) is 0 Å². The van der Waals surface area contributed by atoms with Crippen LogP contribution >= 0.6 is 0 Å². The van der Waals surface area contributed by atoms with Crippen molar-refractivity contribution in [2.75, 3.05) is 0 Å². The van der Waals surface area contributed by atoms with Gasteiger partial charge in [0.05, 0.1) is 22.1 Å². The zero-order valence-electron chi connectivity index (χ0n) is 38.1. The van der Waals surface area contributed by atoms with Crippen molar-refractivity contribution in [1.82, 2.24) is 13.7 Å². The lowest BCUT2D eigenvalue weighted by molar-refractivity contribution is 0.745. The fraction of sp³-hybridized carbons (Fsp3) is 0.0303. The molecular formula is C66H47N3. The van der Waals surface area contributed by atoms with Gasteiger partial charge in [-0.1, -0.05) is 182 Å². The van der Waals surface area contributed by atoms with Gasteiger partial charge in [-0.15, -0.1) is 0 Å². The van der Waals surface area contributed by atoms with Crippen LogP contribution in [0.15, 0.2) is 237 Å². The topological polar surface area (TPSA) is 14.8 Å². The minimum Gasteiger partial charge on any atom is -0.340 e. The normalized spacial score (nSPS) is 12.1. The summed E-state index contributed by atoms with van der Waals surface area (Å²) in [7, 11) is 0. The maximum atomic E-state index is 2.48. The summed E-state index contributed by atoms with van der Waals surface area (Å²) < 4.78 is 7.08. The number of benzene rings is 10. The van der Waals surface area contributed by atoms with E-state index in [0.717, 1.165) is 24.1 Å². The lowest BCUT2D eigenvalue weighted by Crippen LogP contribution is -2.01. The zero-order chi connectivity index (χ0) is 45.7. The van der Waals surface area contributed by atoms with Crippen LogP contribution in [0.25, 0.3) is 123 Å². The van der Waals surface area contributed by atoms with Crippen molar-refractivity contribution in [2.45, 2.75) is 13.0 Å². The summed E-state index contributed by atoms with van der Waals surface area (Å²) in [5.74, 6) is 0. The fourth-order valence-corrected chi connectivity index (χ4v) is 10.6. The number of aryl methyl sites for hydroxylation is 2. The third-order valence-electron chi connectivity index (χ3n) is 14.1. The first-order chi connectivity index (χ1) is 34.2. The van der Waals surface area contributed by atoms with Crippen LogP contribution in [0.1, 0.15) is 16.7 Å². The van der Waals surface area contributed by atoms with Crippen molar-refractivity contribution in [1.29, 1.82) is 0 Å². The standard InChI is InChI=1S/C66H47N3/c1-7-19-61-55(13-1)56-14-2-8-20-62(56)67(61)40-37-46-25-31-49(32-26-46)52-43-53(50-33-27-47(28-34-50)38-41-68-63-21-9-3-15-57(63)58-16-4-10-22-64(58)68)45-54(44-52)51-35-29-48(30-36-51)39-42-69-65-23-11-5-17-59(65)60-18-6-12-24-66(60)69/h1-38,40-41,43-45H,39,42H2/b40-37-,41-38+. The second-order valence-corrected chi connectivity index (χ2v) is 18.1. The fourth-order valence-electron chi connectivity index (χ4n) is 10.6. The molecule has 326 valence electrons. The largest absolute Gasteiger partial charge is 0.340 e. The Bertz CT molecular complexity index is 3750. The summed E-state index contributed by atoms with van der Waals surface area (Å²) in [5.41, 5.74) is 18.2. The van der Waals surface area contributed by atoms with Crippen LogP contribution in [0.5, 0.6) is 0 Å². The highest BCUT2D eigenvalue weighted by Gasteiger charge is 2.13. The number of rotatable bonds is 10. The molecule has 0 amide bonds. The van der Waals surface area contributed by atoms with E-state index in [2.05, 4.69) is 275 Å². The highest BCUT2D eigenvalue weighted by atomic mass is 15.0. The van der Waals surface area contributed by atoms with Crippen molar-refractivity contribution in [2.24, 2.45) is 0 Å². The molecule has 3 heterocycles. The van der Waals surface area contributed by atoms with Crippen LogP contribution in [0.4, 0.5) is 0 Å². The molecule has 0 saturated heterocycles. The lowest BCUT2D eigenvalue weighted by atomic mass is 9.92. The van der Waals surface area contributed by atoms with Gasteiger partial charge in [-0.2, -0.15) is 0 Å². The molecule has 3 aromatic heterocycles. The van der Waals surface area contributed by atoms with Gasteiger partial charge in [-0.25, -0.2) is 0 Å². The van der Waals surface area contributed by atoms with E-state index in [-0.39, 0.29) is 0 Å². The van der Waals surface area contributed by atoms with Crippen molar-refractivity contribution >= 4 is 90.0 Å². The third-order valence-corrected chi connectivity index (χ3v) is 14.1. The van der Waals surface area contributed by atoms with Crippen molar-refractivity contribution in [3.05, 3.63) is 253 Å². The van der Waals surface area contributed by atoms with Crippen molar-refractivity contribution < 1.29 is 0 Å². The van der Waals surface area contributed by atoms with Crippen LogP contribution in [-0.4, -0.2) is 13.7 Å². The Kier molecular flexibility index (Phi) is 9.98. The Labute approximate surface area is 401 Å². The molecule has 10 aromatic carbocycles. The molecule has 3 heteroatoms. The van der Waals surface area contributed by atoms with E-state index in [1.807, 2.05) is 0 Å². The van der Waals surface area contributed by atoms with Gasteiger partial charge in [0.1, 0.15) is 0 Å². The number of fused-ring (bicyclic) bond motifs is 9. The second kappa shape index (κ2) is 17.1. The highest BCUT2D eigenvalue weighted by Crippen LogP contribution is 2.36. The minimum atomic E-state index is 0.917. The molecule has 0 saturated carbocycles. The quantitative estimate of drug-likeness (QED) is 0.130. The predicted molar refractivity (Wildman–Crippen MR) is 295 cm³/mol. The van der Waals surface area contributed by atoms with E-state index in [4.69, 9.17) is 0 Å². The number of aromatic nitrogens is 3. The molecule has 0 radical (unpaired) electrons. The SMILES string of the molecule is C(=C/n1c2ccccc2c2ccccc21)/c1ccc(-c2cc(-c3ccc(/C=C/n4c5ccccc5c5ccccc54)cc3)cc(-c3ccc(CCn4c5ccccc5c5ccccc54)cc3)c2)cc1. The third kappa shape index (κ3) is 7.33. The molecule has 0 unspecified atom stereocenters. The lowest BCUT2D eigenvalue weighted by Gasteiger charge is -2.13. The summed E-state index contributed by atoms with van der Waals surface area (Å²) in [4.78, 5) is 0. The highest BCUT2D eigenvalue weighted by molar-refractivity contribution is 6.11. The summed E-state index contributed by atoms with van der Waals surface area (Å²) >= 11 is 0. The van der Waals surface area contributed by atoms with E-state index < -0.39 is 0 Å². The first-order valence-corrected chi connectivity index (χ1v) is 23.9. The molecule has 0 aliphatic carbocycles. The molecule has 3 nitrogen and oxygen atoms in total. The van der Waals surface area contributed by atoms with Crippen LogP contribution in [0.2, 0.25) is 0 Å². The Hall–Kier alpha value is -8.92. The van der Waals surface area contributed by atoms with Crippen LogP contribution in [-0.2, 0) is 13.0 Å². The number of para-hydroxylation sites is 6. The summed E-state index contributed by atoms with van der Waals surface area (Å²) in [6.07, 6.45) is 9.78. The Morgan fingerprint density at radius 1 is 0.275 bits per heavy atom. The second-order valence-electron chi connectivity index (χ2n) is 18.1. The zero-order valence-corrected chi connectivity index (χ0v) is 38.1. The van der Waals surface area contributed by atoms with Gasteiger partial charge in [0.2, 0.25) is 0 Å². The minimum absolute atomic E-state index is 0.917. The molecule has 0 aliphatic heterocycles. The summed E-state index contributed by atoms with van der Waals surface area (Å²) in [6, 6.07) is 86.4. The summed E-state index contributed by atoms with van der Waals surface area (Å²) in [6.45, 7) is 0.917. The van der Waals surface area contributed by atoms with E-state index in [0.29, 0.717) is 0 Å². The Morgan fingerprint density at radius 3 is 0.913 bits per heavy atom. The number of hydrogen-bond acceptors (Lipinski definition) is 0. The molecule has 69 heavy (non-hydrogen) atoms. The molecule has 0 bridgehead atoms. The van der Waals surface area contributed by atoms with Gasteiger partial charge >= 0.3 is 0 Å². The maximum Gasteiger partial charge on any atom is 0.0534 e. The van der Waals surface area contributed by atoms with Crippen LogP contribution in [0, 0.1) is 0 Å². The van der Waals surface area contributed by atoms with Gasteiger partial charge in [0.25, 0.3) is 0 Å². The van der Waals surface area contributed by atoms with Crippen LogP contribution in [0.3, 0.4) is 0 Å². The van der Waals surface area contributed by atoms with E-state index in [9.17, 15) is 0 Å². The van der Waals surface area contributed by atoms with Crippen LogP contribution < -0.4 is 0 Å². The van der Waals surface area contributed by atoms with E-state index in [1.165, 1.54) is 104 Å². The number of hydrogen-bond donors (Lipinski definition) is 0. The average molecular weight is 882 g/mol. The molecule has 0 fully saturated rings. The Morgan fingerprint density at radius 2 is 0.565 bits per heavy atom. The van der Waals surface area contributed by atoms with Gasteiger partial charge in [0, 0.05) is 62.3 Å². The molecule has 0 atom stereocenters. The number of nitrogens with zero attached hydrogens (tertiary/aromatic N) is 3. The molecule has 0 spiro atoms. The molecule has 0 aliphatic rings. The Balaban J connectivity index is 0.823. The smallest absolute Gasteiger partial charge is 0.0534 e. The average Bonchev–Trinajstić information content (AvgIpc) is 4.04. The monoisotopic (exact) mass is 881 g/mol. The van der Waals surface area contributed by atoms with Gasteiger partial charge in [-0.05, 0) is 123 Å². The predicted octanol–water partition coefficient (Wildman–Crippen LogP) is 17.5. The molecule has 13 aromatic rings. The van der Waals surface area contributed by atoms with E-state index >= 15 is 0 Å². The first kappa shape index (κ1) is 40.4. The maximum absolute atomic E-state index is 2.48. The summed E-state index contributed by atoms with van der Waals surface area (Å²) in [5, 5.41) is 7.70. The van der Waals surface area contributed by atoms with Gasteiger partial charge < -0.3 is 13.7 Å². The van der Waals surface area contributed by atoms with Crippen molar-refractivity contribution in [3.63, 3.8) is 0 Å². The van der Waals surface area contributed by atoms with E-state index in [1.54, 1.807) is 0 Å². The van der Waals surface area contributed by atoms with Gasteiger partial charge in [-0.3, -0.25) is 0 Å². The first-order valence-electron chi connectivity index (χ1n) is 23.9. The molecule has 13 rings (SSSR count). The molecular weight excluding hydrogens is 835 g/mol. The molecule has 0 N–H and O–H groups in total.